The molecule has 0 spiro atoms. The second-order valence-electron chi connectivity index (χ2n) is 10.1. The quantitative estimate of drug-likeness (QED) is 0.283. The van der Waals surface area contributed by atoms with Crippen molar-refractivity contribution in [1.82, 2.24) is 10.2 Å². The molecule has 0 aliphatic rings. The largest absolute Gasteiger partial charge is 0.497 e. The van der Waals surface area contributed by atoms with Crippen molar-refractivity contribution < 1.29 is 27.5 Å². The Kier molecular flexibility index (Phi) is 11.4. The van der Waals surface area contributed by atoms with E-state index in [4.69, 9.17) is 9.47 Å². The summed E-state index contributed by atoms with van der Waals surface area (Å²) in [4.78, 5) is 29.0. The van der Waals surface area contributed by atoms with Crippen molar-refractivity contribution >= 4 is 27.5 Å². The van der Waals surface area contributed by atoms with Crippen LogP contribution in [0.15, 0.2) is 77.7 Å². The summed E-state index contributed by atoms with van der Waals surface area (Å²) in [7, 11) is -1.12. The highest BCUT2D eigenvalue weighted by Crippen LogP contribution is 2.27. The Morgan fingerprint density at radius 2 is 1.52 bits per heavy atom. The zero-order valence-corrected chi connectivity index (χ0v) is 26.0. The lowest BCUT2D eigenvalue weighted by Crippen LogP contribution is -2.53. The molecule has 42 heavy (non-hydrogen) atoms. The van der Waals surface area contributed by atoms with Gasteiger partial charge in [0.2, 0.25) is 11.8 Å². The van der Waals surface area contributed by atoms with Gasteiger partial charge in [-0.05, 0) is 80.8 Å². The summed E-state index contributed by atoms with van der Waals surface area (Å²) in [6, 6.07) is 19.3. The minimum absolute atomic E-state index is 0.0116. The number of rotatable bonds is 14. The fourth-order valence-corrected chi connectivity index (χ4v) is 5.86. The first-order valence-electron chi connectivity index (χ1n) is 14.0. The summed E-state index contributed by atoms with van der Waals surface area (Å²) in [5.74, 6) is 0.319. The van der Waals surface area contributed by atoms with Gasteiger partial charge in [0.05, 0.1) is 24.8 Å². The Morgan fingerprint density at radius 3 is 2.10 bits per heavy atom. The Labute approximate surface area is 249 Å². The number of methoxy groups -OCH3 is 2. The van der Waals surface area contributed by atoms with Gasteiger partial charge in [-0.2, -0.15) is 0 Å². The molecule has 9 nitrogen and oxygen atoms in total. The van der Waals surface area contributed by atoms with Crippen LogP contribution in [0.25, 0.3) is 0 Å². The van der Waals surface area contributed by atoms with Crippen LogP contribution in [0.4, 0.5) is 5.69 Å². The van der Waals surface area contributed by atoms with E-state index < -0.39 is 28.5 Å². The third kappa shape index (κ3) is 8.03. The summed E-state index contributed by atoms with van der Waals surface area (Å²) in [5.41, 5.74) is 2.03. The van der Waals surface area contributed by atoms with Gasteiger partial charge < -0.3 is 19.7 Å². The molecule has 3 aromatic carbocycles. The summed E-state index contributed by atoms with van der Waals surface area (Å²) < 4.78 is 39.6. The Morgan fingerprint density at radius 1 is 0.881 bits per heavy atom. The fraction of sp³-hybridized carbons (Fsp3) is 0.375. The van der Waals surface area contributed by atoms with Crippen molar-refractivity contribution in [2.24, 2.45) is 0 Å². The van der Waals surface area contributed by atoms with Gasteiger partial charge >= 0.3 is 0 Å². The second kappa shape index (κ2) is 14.7. The van der Waals surface area contributed by atoms with Crippen LogP contribution in [0.3, 0.4) is 0 Å². The number of aryl methyl sites for hydroxylation is 1. The first-order chi connectivity index (χ1) is 20.0. The van der Waals surface area contributed by atoms with E-state index in [1.165, 1.54) is 24.1 Å². The molecule has 0 aliphatic carbocycles. The predicted molar refractivity (Wildman–Crippen MR) is 164 cm³/mol. The summed E-state index contributed by atoms with van der Waals surface area (Å²) >= 11 is 0. The highest BCUT2D eigenvalue weighted by Gasteiger charge is 2.34. The first-order valence-corrected chi connectivity index (χ1v) is 15.4. The van der Waals surface area contributed by atoms with Gasteiger partial charge in [0.15, 0.2) is 0 Å². The van der Waals surface area contributed by atoms with Crippen LogP contribution in [0.1, 0.15) is 44.7 Å². The minimum Gasteiger partial charge on any atom is -0.497 e. The Balaban J connectivity index is 2.06. The topological polar surface area (TPSA) is 105 Å². The van der Waals surface area contributed by atoms with Crippen LogP contribution < -0.4 is 19.1 Å². The molecule has 0 radical (unpaired) electrons. The number of nitrogens with one attached hydrogen (secondary N) is 1. The van der Waals surface area contributed by atoms with E-state index in [1.807, 2.05) is 39.8 Å². The molecule has 1 N–H and O–H groups in total. The number of amides is 2. The molecule has 0 aliphatic heterocycles. The molecule has 0 saturated heterocycles. The number of benzene rings is 3. The zero-order chi connectivity index (χ0) is 30.9. The van der Waals surface area contributed by atoms with Crippen molar-refractivity contribution in [3.63, 3.8) is 0 Å². The maximum Gasteiger partial charge on any atom is 0.264 e. The number of hydrogen-bond donors (Lipinski definition) is 1. The van der Waals surface area contributed by atoms with Gasteiger partial charge in [-0.25, -0.2) is 8.42 Å². The molecule has 0 heterocycles. The lowest BCUT2D eigenvalue weighted by atomic mass is 10.1. The molecule has 0 bridgehead atoms. The van der Waals surface area contributed by atoms with Crippen LogP contribution in [0.5, 0.6) is 11.5 Å². The van der Waals surface area contributed by atoms with E-state index >= 15 is 0 Å². The lowest BCUT2D eigenvalue weighted by molar-refractivity contribution is -0.140. The van der Waals surface area contributed by atoms with Crippen LogP contribution in [-0.4, -0.2) is 58.0 Å². The number of nitrogens with zero attached hydrogens (tertiary/aromatic N) is 2. The third-order valence-electron chi connectivity index (χ3n) is 7.12. The van der Waals surface area contributed by atoms with Crippen molar-refractivity contribution in [3.8, 4) is 11.5 Å². The molecule has 2 atom stereocenters. The SMILES string of the molecule is CCC(C)NC(=O)C(CC)N(Cc1cccc(OC)c1)C(=O)CN(c1ccc(C)cc1)S(=O)(=O)c1ccc(OC)cc1. The molecule has 2 unspecified atom stereocenters. The van der Waals surface area contributed by atoms with Crippen molar-refractivity contribution in [2.75, 3.05) is 25.1 Å². The van der Waals surface area contributed by atoms with Crippen LogP contribution in [0.2, 0.25) is 0 Å². The Hall–Kier alpha value is -4.05. The van der Waals surface area contributed by atoms with Crippen LogP contribution in [0, 0.1) is 6.92 Å². The summed E-state index contributed by atoms with van der Waals surface area (Å²) in [5, 5.41) is 2.98. The molecular formula is C32H41N3O6S. The molecule has 2 amide bonds. The number of carbonyl (C=O) groups is 2. The molecule has 3 rings (SSSR count). The van der Waals surface area contributed by atoms with Gasteiger partial charge in [-0.1, -0.05) is 43.7 Å². The van der Waals surface area contributed by atoms with Crippen molar-refractivity contribution in [3.05, 3.63) is 83.9 Å². The van der Waals surface area contributed by atoms with Gasteiger partial charge in [0.1, 0.15) is 24.1 Å². The van der Waals surface area contributed by atoms with E-state index in [0.29, 0.717) is 23.6 Å². The van der Waals surface area contributed by atoms with E-state index in [2.05, 4.69) is 5.32 Å². The standard InChI is InChI=1S/C32H41N3O6S/c1-7-24(4)33-32(37)30(8-2)34(21-25-10-9-11-28(20-25)41-6)31(36)22-35(26-14-12-23(3)13-15-26)42(38,39)29-18-16-27(40-5)17-19-29/h9-20,24,30H,7-8,21-22H2,1-6H3,(H,33,37). The molecule has 10 heteroatoms. The third-order valence-corrected chi connectivity index (χ3v) is 8.91. The number of sulfonamides is 1. The molecular weight excluding hydrogens is 554 g/mol. The van der Waals surface area contributed by atoms with Gasteiger partial charge in [-0.15, -0.1) is 0 Å². The minimum atomic E-state index is -4.17. The van der Waals surface area contributed by atoms with Gasteiger partial charge in [0.25, 0.3) is 10.0 Å². The van der Waals surface area contributed by atoms with Crippen molar-refractivity contribution in [2.45, 2.75) is 64.1 Å². The number of anilines is 1. The lowest BCUT2D eigenvalue weighted by Gasteiger charge is -2.33. The van der Waals surface area contributed by atoms with E-state index in [-0.39, 0.29) is 23.4 Å². The van der Waals surface area contributed by atoms with E-state index in [9.17, 15) is 18.0 Å². The van der Waals surface area contributed by atoms with E-state index in [1.54, 1.807) is 55.6 Å². The number of hydrogen-bond acceptors (Lipinski definition) is 6. The second-order valence-corrected chi connectivity index (χ2v) is 12.0. The van der Waals surface area contributed by atoms with Gasteiger partial charge in [-0.3, -0.25) is 13.9 Å². The normalized spacial score (nSPS) is 12.6. The number of ether oxygens (including phenoxy) is 2. The average Bonchev–Trinajstić information content (AvgIpc) is 3.00. The highest BCUT2D eigenvalue weighted by molar-refractivity contribution is 7.92. The molecule has 3 aromatic rings. The predicted octanol–water partition coefficient (Wildman–Crippen LogP) is 4.93. The highest BCUT2D eigenvalue weighted by atomic mass is 32.2. The van der Waals surface area contributed by atoms with E-state index in [0.717, 1.165) is 21.9 Å². The smallest absolute Gasteiger partial charge is 0.264 e. The molecule has 0 fully saturated rings. The molecule has 0 aromatic heterocycles. The summed E-state index contributed by atoms with van der Waals surface area (Å²) in [6.45, 7) is 7.18. The van der Waals surface area contributed by atoms with Crippen molar-refractivity contribution in [1.29, 1.82) is 0 Å². The maximum atomic E-state index is 14.2. The molecule has 226 valence electrons. The van der Waals surface area contributed by atoms with Crippen LogP contribution in [-0.2, 0) is 26.2 Å². The number of carbonyl (C=O) groups excluding carboxylic acids is 2. The zero-order valence-electron chi connectivity index (χ0n) is 25.2. The Bertz CT molecular complexity index is 1440. The average molecular weight is 596 g/mol. The summed E-state index contributed by atoms with van der Waals surface area (Å²) in [6.07, 6.45) is 1.07. The van der Waals surface area contributed by atoms with Crippen LogP contribution >= 0.6 is 0 Å². The monoisotopic (exact) mass is 595 g/mol. The van der Waals surface area contributed by atoms with Gasteiger partial charge in [0, 0.05) is 12.6 Å². The maximum absolute atomic E-state index is 14.2. The first kappa shape index (κ1) is 32.5. The fourth-order valence-electron chi connectivity index (χ4n) is 4.44. The molecule has 0 saturated carbocycles.